The molecule has 2 unspecified atom stereocenters. The van der Waals surface area contributed by atoms with Gasteiger partial charge < -0.3 is 19.9 Å². The molecule has 7 heteroatoms. The fourth-order valence-corrected chi connectivity index (χ4v) is 5.09. The van der Waals surface area contributed by atoms with E-state index in [1.165, 1.54) is 0 Å². The van der Waals surface area contributed by atoms with Gasteiger partial charge in [-0.3, -0.25) is 9.59 Å². The van der Waals surface area contributed by atoms with Crippen LogP contribution in [0.1, 0.15) is 63.0 Å². The number of hydrogen-bond donors (Lipinski definition) is 2. The monoisotopic (exact) mass is 513 g/mol. The number of benzene rings is 2. The summed E-state index contributed by atoms with van der Waals surface area (Å²) in [6, 6.07) is 11.3. The zero-order valence-corrected chi connectivity index (χ0v) is 20.6. The number of rotatable bonds is 6. The molecule has 1 amide bonds. The van der Waals surface area contributed by atoms with Crippen LogP contribution in [0.25, 0.3) is 0 Å². The predicted octanol–water partition coefficient (Wildman–Crippen LogP) is 5.34. The van der Waals surface area contributed by atoms with Gasteiger partial charge in [-0.1, -0.05) is 12.1 Å². The molecule has 1 heterocycles. The first kappa shape index (κ1) is 23.4. The number of nitrogens with one attached hydrogen (secondary N) is 1. The number of amides is 1. The van der Waals surface area contributed by atoms with Gasteiger partial charge in [0.05, 0.1) is 17.2 Å². The van der Waals surface area contributed by atoms with Crippen LogP contribution in [0.5, 0.6) is 17.2 Å². The number of hydrogen-bond acceptors (Lipinski definition) is 5. The molecule has 2 N–H and O–H groups in total. The van der Waals surface area contributed by atoms with Gasteiger partial charge in [0.25, 0.3) is 0 Å². The average molecular weight is 514 g/mol. The first-order chi connectivity index (χ1) is 15.8. The highest BCUT2D eigenvalue weighted by Gasteiger charge is 2.38. The van der Waals surface area contributed by atoms with Crippen LogP contribution in [0.3, 0.4) is 0 Å². The van der Waals surface area contributed by atoms with E-state index in [0.29, 0.717) is 40.9 Å². The smallest absolute Gasteiger partial charge is 0.225 e. The van der Waals surface area contributed by atoms with Crippen LogP contribution >= 0.6 is 15.9 Å². The van der Waals surface area contributed by atoms with Crippen molar-refractivity contribution in [3.05, 3.63) is 63.3 Å². The van der Waals surface area contributed by atoms with Gasteiger partial charge in [0.15, 0.2) is 17.3 Å². The van der Waals surface area contributed by atoms with Crippen molar-refractivity contribution >= 4 is 27.6 Å². The number of halogens is 1. The van der Waals surface area contributed by atoms with Crippen molar-refractivity contribution in [1.29, 1.82) is 0 Å². The Morgan fingerprint density at radius 3 is 2.48 bits per heavy atom. The van der Waals surface area contributed by atoms with Gasteiger partial charge in [-0.25, -0.2) is 0 Å². The van der Waals surface area contributed by atoms with Crippen molar-refractivity contribution in [2.75, 3.05) is 6.61 Å². The van der Waals surface area contributed by atoms with E-state index >= 15 is 0 Å². The summed E-state index contributed by atoms with van der Waals surface area (Å²) in [6.45, 7) is 6.19. The van der Waals surface area contributed by atoms with E-state index in [1.807, 2.05) is 45.0 Å². The SMILES string of the molecule is CCOc1cc(C2CC(=O)NC3=C2C(=O)CC(c2ccc(OC(C)C)cc2)C3)cc(Br)c1O. The van der Waals surface area contributed by atoms with Crippen molar-refractivity contribution in [2.24, 2.45) is 0 Å². The fourth-order valence-electron chi connectivity index (χ4n) is 4.63. The molecule has 0 radical (unpaired) electrons. The Balaban J connectivity index is 1.65. The molecular weight excluding hydrogens is 486 g/mol. The van der Waals surface area contributed by atoms with Crippen LogP contribution in [0, 0.1) is 0 Å². The van der Waals surface area contributed by atoms with Gasteiger partial charge in [-0.15, -0.1) is 0 Å². The Morgan fingerprint density at radius 1 is 1.09 bits per heavy atom. The highest BCUT2D eigenvalue weighted by Crippen LogP contribution is 2.45. The van der Waals surface area contributed by atoms with E-state index in [9.17, 15) is 14.7 Å². The summed E-state index contributed by atoms with van der Waals surface area (Å²) in [5.41, 5.74) is 3.17. The molecule has 0 bridgehead atoms. The normalized spacial score (nSPS) is 20.5. The van der Waals surface area contributed by atoms with Crippen LogP contribution in [0.2, 0.25) is 0 Å². The topological polar surface area (TPSA) is 84.9 Å². The van der Waals surface area contributed by atoms with E-state index in [4.69, 9.17) is 9.47 Å². The molecule has 0 saturated heterocycles. The maximum atomic E-state index is 13.4. The van der Waals surface area contributed by atoms with E-state index in [1.54, 1.807) is 12.1 Å². The zero-order chi connectivity index (χ0) is 23.7. The Morgan fingerprint density at radius 2 is 1.82 bits per heavy atom. The van der Waals surface area contributed by atoms with Crippen molar-refractivity contribution in [3.8, 4) is 17.2 Å². The number of carbonyl (C=O) groups excluding carboxylic acids is 2. The number of Topliss-reactive ketones (excluding diaryl/α,β-unsaturated/α-hetero) is 1. The average Bonchev–Trinajstić information content (AvgIpc) is 2.76. The number of ether oxygens (including phenoxy) is 2. The molecule has 0 saturated carbocycles. The van der Waals surface area contributed by atoms with Gasteiger partial charge in [0, 0.05) is 30.0 Å². The van der Waals surface area contributed by atoms with Crippen molar-refractivity contribution in [3.63, 3.8) is 0 Å². The van der Waals surface area contributed by atoms with E-state index in [0.717, 1.165) is 16.9 Å². The number of allylic oxidation sites excluding steroid dienone is 2. The van der Waals surface area contributed by atoms with Gasteiger partial charge >= 0.3 is 0 Å². The molecule has 2 atom stereocenters. The number of ketones is 1. The summed E-state index contributed by atoms with van der Waals surface area (Å²) in [5.74, 6) is 0.680. The van der Waals surface area contributed by atoms with Gasteiger partial charge in [-0.05, 0) is 84.4 Å². The minimum atomic E-state index is -0.375. The Kier molecular flexibility index (Phi) is 6.79. The number of carbonyl (C=O) groups is 2. The largest absolute Gasteiger partial charge is 0.503 e. The van der Waals surface area contributed by atoms with Gasteiger partial charge in [0.1, 0.15) is 5.75 Å². The fraction of sp³-hybridized carbons (Fsp3) is 0.385. The van der Waals surface area contributed by atoms with Crippen molar-refractivity contribution in [1.82, 2.24) is 5.32 Å². The minimum absolute atomic E-state index is 0.00561. The lowest BCUT2D eigenvalue weighted by Crippen LogP contribution is -2.38. The molecule has 6 nitrogen and oxygen atoms in total. The highest BCUT2D eigenvalue weighted by molar-refractivity contribution is 9.10. The second kappa shape index (κ2) is 9.59. The second-order valence-corrected chi connectivity index (χ2v) is 9.60. The molecule has 2 aromatic carbocycles. The summed E-state index contributed by atoms with van der Waals surface area (Å²) in [4.78, 5) is 25.9. The third-order valence-electron chi connectivity index (χ3n) is 6.01. The molecule has 0 aromatic heterocycles. The maximum Gasteiger partial charge on any atom is 0.225 e. The maximum absolute atomic E-state index is 13.4. The quantitative estimate of drug-likeness (QED) is 0.544. The molecule has 1 aliphatic carbocycles. The summed E-state index contributed by atoms with van der Waals surface area (Å²) in [6.07, 6.45) is 1.25. The molecule has 0 spiro atoms. The third-order valence-corrected chi connectivity index (χ3v) is 6.62. The summed E-state index contributed by atoms with van der Waals surface area (Å²) < 4.78 is 11.7. The Labute approximate surface area is 202 Å². The molecule has 174 valence electrons. The van der Waals surface area contributed by atoms with Crippen molar-refractivity contribution in [2.45, 2.75) is 58.0 Å². The molecule has 2 aromatic rings. The standard InChI is InChI=1S/C26H28BrNO5/c1-4-32-23-12-17(9-20(27)26(23)31)19-13-24(30)28-21-10-16(11-22(29)25(19)21)15-5-7-18(8-6-15)33-14(2)3/h5-9,12,14,16,19,31H,4,10-11,13H2,1-3H3,(H,28,30). The Bertz CT molecular complexity index is 1110. The number of phenolic OH excluding ortho intramolecular Hbond substituents is 1. The second-order valence-electron chi connectivity index (χ2n) is 8.74. The number of phenols is 1. The third kappa shape index (κ3) is 4.93. The van der Waals surface area contributed by atoms with Crippen molar-refractivity contribution < 1.29 is 24.2 Å². The van der Waals surface area contributed by atoms with Gasteiger partial charge in [-0.2, -0.15) is 0 Å². The molecule has 0 fully saturated rings. The highest BCUT2D eigenvalue weighted by atomic mass is 79.9. The zero-order valence-electron chi connectivity index (χ0n) is 19.0. The first-order valence-corrected chi connectivity index (χ1v) is 12.0. The lowest BCUT2D eigenvalue weighted by Gasteiger charge is -2.34. The minimum Gasteiger partial charge on any atom is -0.503 e. The first-order valence-electron chi connectivity index (χ1n) is 11.2. The van der Waals surface area contributed by atoms with E-state index in [2.05, 4.69) is 21.2 Å². The van der Waals surface area contributed by atoms with Crippen LogP contribution in [0.15, 0.2) is 52.1 Å². The predicted molar refractivity (Wildman–Crippen MR) is 129 cm³/mol. The molecule has 1 aliphatic heterocycles. The molecule has 2 aliphatic rings. The summed E-state index contributed by atoms with van der Waals surface area (Å²) in [5, 5.41) is 13.2. The molecule has 33 heavy (non-hydrogen) atoms. The van der Waals surface area contributed by atoms with Crippen LogP contribution < -0.4 is 14.8 Å². The summed E-state index contributed by atoms with van der Waals surface area (Å²) in [7, 11) is 0. The molecule has 4 rings (SSSR count). The lowest BCUT2D eigenvalue weighted by atomic mass is 9.73. The van der Waals surface area contributed by atoms with E-state index < -0.39 is 0 Å². The lowest BCUT2D eigenvalue weighted by molar-refractivity contribution is -0.122. The van der Waals surface area contributed by atoms with Gasteiger partial charge in [0.2, 0.25) is 5.91 Å². The Hall–Kier alpha value is -2.80. The molecular formula is C26H28BrNO5. The van der Waals surface area contributed by atoms with Crippen LogP contribution in [-0.2, 0) is 9.59 Å². The summed E-state index contributed by atoms with van der Waals surface area (Å²) >= 11 is 3.37. The van der Waals surface area contributed by atoms with Crippen LogP contribution in [-0.4, -0.2) is 29.5 Å². The number of aromatic hydroxyl groups is 1. The van der Waals surface area contributed by atoms with Crippen LogP contribution in [0.4, 0.5) is 0 Å². The van der Waals surface area contributed by atoms with E-state index in [-0.39, 0.29) is 41.8 Å².